The Bertz CT molecular complexity index is 995. The summed E-state index contributed by atoms with van der Waals surface area (Å²) in [6.45, 7) is 3.63. The molecule has 118 valence electrons. The van der Waals surface area contributed by atoms with E-state index in [1.807, 2.05) is 49.4 Å². The van der Waals surface area contributed by atoms with Crippen molar-refractivity contribution in [3.05, 3.63) is 76.9 Å². The summed E-state index contributed by atoms with van der Waals surface area (Å²) in [5.41, 5.74) is 3.19. The molecule has 0 heterocycles. The Labute approximate surface area is 164 Å². The fourth-order valence-electron chi connectivity index (χ4n) is 3.11. The third kappa shape index (κ3) is 4.08. The predicted molar refractivity (Wildman–Crippen MR) is 92.5 cm³/mol. The van der Waals surface area contributed by atoms with E-state index in [2.05, 4.69) is 6.07 Å². The molecule has 0 aliphatic heterocycles. The Balaban J connectivity index is 0.00000208. The minimum absolute atomic E-state index is 0. The van der Waals surface area contributed by atoms with Crippen LogP contribution < -0.4 is 29.6 Å². The molecule has 0 spiro atoms. The second kappa shape index (κ2) is 7.38. The van der Waals surface area contributed by atoms with Crippen LogP contribution in [0.1, 0.15) is 22.3 Å². The van der Waals surface area contributed by atoms with E-state index in [9.17, 15) is 13.0 Å². The van der Waals surface area contributed by atoms with E-state index >= 15 is 0 Å². The molecule has 0 bridgehead atoms. The molecule has 0 saturated heterocycles. The van der Waals surface area contributed by atoms with E-state index in [0.717, 1.165) is 21.9 Å². The van der Waals surface area contributed by atoms with Crippen LogP contribution in [0, 0.1) is 13.8 Å². The van der Waals surface area contributed by atoms with Crippen LogP contribution in [-0.2, 0) is 16.5 Å². The quantitative estimate of drug-likeness (QED) is 0.573. The van der Waals surface area contributed by atoms with Gasteiger partial charge in [-0.15, -0.1) is 0 Å². The van der Waals surface area contributed by atoms with Gasteiger partial charge in [0.1, 0.15) is 4.90 Å². The first kappa shape index (κ1) is 19.2. The summed E-state index contributed by atoms with van der Waals surface area (Å²) >= 11 is 0. The van der Waals surface area contributed by atoms with E-state index in [1.54, 1.807) is 13.0 Å². The second-order valence-electron chi connectivity index (χ2n) is 5.90. The van der Waals surface area contributed by atoms with E-state index in [-0.39, 0.29) is 34.5 Å². The zero-order chi connectivity index (χ0) is 16.6. The standard InChI is InChI=1S/C19H18O3S.Na/c1-13-9-14(2)19(23(20,21)22)18(10-13)12-15-7-8-16-5-3-4-6-17(16)11-15;/h3-11H,12H2,1-2H3,(H,20,21,22);/q;+1. The van der Waals surface area contributed by atoms with Crippen molar-refractivity contribution < 1.29 is 42.5 Å². The summed E-state index contributed by atoms with van der Waals surface area (Å²) in [7, 11) is -4.24. The van der Waals surface area contributed by atoms with E-state index in [0.29, 0.717) is 17.5 Å². The number of aryl methyl sites for hydroxylation is 2. The van der Waals surface area contributed by atoms with E-state index in [1.165, 1.54) is 0 Å². The van der Waals surface area contributed by atoms with Gasteiger partial charge in [0.2, 0.25) is 0 Å². The third-order valence-corrected chi connectivity index (χ3v) is 5.06. The fourth-order valence-corrected chi connectivity index (χ4v) is 4.04. The summed E-state index contributed by atoms with van der Waals surface area (Å²) in [5.74, 6) is 0. The zero-order valence-electron chi connectivity index (χ0n) is 14.1. The number of hydrogen-bond acceptors (Lipinski definition) is 2. The second-order valence-corrected chi connectivity index (χ2v) is 7.26. The predicted octanol–water partition coefficient (Wildman–Crippen LogP) is 1.30. The smallest absolute Gasteiger partial charge is 0.282 e. The maximum absolute atomic E-state index is 11.7. The van der Waals surface area contributed by atoms with E-state index < -0.39 is 10.1 Å². The van der Waals surface area contributed by atoms with Crippen molar-refractivity contribution in [3.63, 3.8) is 0 Å². The molecule has 5 heteroatoms. The van der Waals surface area contributed by atoms with Crippen molar-refractivity contribution in [1.82, 2.24) is 0 Å². The van der Waals surface area contributed by atoms with Crippen molar-refractivity contribution >= 4 is 20.9 Å². The number of benzene rings is 3. The molecule has 0 atom stereocenters. The number of fused-ring (bicyclic) bond motifs is 1. The summed E-state index contributed by atoms with van der Waals surface area (Å²) in [5, 5.41) is 2.26. The molecule has 24 heavy (non-hydrogen) atoms. The molecule has 3 aromatic rings. The Kier molecular flexibility index (Phi) is 5.89. The molecular formula is C19H18NaO3S+. The molecule has 0 unspecified atom stereocenters. The molecule has 0 amide bonds. The molecule has 0 aliphatic carbocycles. The molecule has 0 aromatic heterocycles. The minimum Gasteiger partial charge on any atom is -0.282 e. The van der Waals surface area contributed by atoms with Gasteiger partial charge < -0.3 is 0 Å². The summed E-state index contributed by atoms with van der Waals surface area (Å²) in [6, 6.07) is 17.7. The first-order valence-electron chi connectivity index (χ1n) is 7.40. The van der Waals surface area contributed by atoms with Gasteiger partial charge in [0.15, 0.2) is 0 Å². The Morgan fingerprint density at radius 2 is 1.58 bits per heavy atom. The Morgan fingerprint density at radius 3 is 2.25 bits per heavy atom. The molecule has 0 radical (unpaired) electrons. The van der Waals surface area contributed by atoms with Gasteiger partial charge in [-0.3, -0.25) is 4.55 Å². The summed E-state index contributed by atoms with van der Waals surface area (Å²) in [4.78, 5) is 0.0243. The van der Waals surface area contributed by atoms with Crippen LogP contribution in [-0.4, -0.2) is 13.0 Å². The van der Waals surface area contributed by atoms with Crippen molar-refractivity contribution in [2.45, 2.75) is 25.2 Å². The van der Waals surface area contributed by atoms with Crippen LogP contribution >= 0.6 is 0 Å². The summed E-state index contributed by atoms with van der Waals surface area (Å²) < 4.78 is 33.1. The molecule has 1 N–H and O–H groups in total. The molecule has 3 nitrogen and oxygen atoms in total. The maximum atomic E-state index is 11.7. The first-order chi connectivity index (χ1) is 10.8. The number of hydrogen-bond donors (Lipinski definition) is 1. The van der Waals surface area contributed by atoms with E-state index in [4.69, 9.17) is 0 Å². The van der Waals surface area contributed by atoms with Gasteiger partial charge in [-0.05, 0) is 47.7 Å². The zero-order valence-corrected chi connectivity index (χ0v) is 16.9. The van der Waals surface area contributed by atoms with Gasteiger partial charge >= 0.3 is 29.6 Å². The topological polar surface area (TPSA) is 54.4 Å². The van der Waals surface area contributed by atoms with Crippen LogP contribution in [0.2, 0.25) is 0 Å². The van der Waals surface area contributed by atoms with Gasteiger partial charge in [0.25, 0.3) is 10.1 Å². The molecule has 0 fully saturated rings. The Hall–Kier alpha value is -1.17. The third-order valence-electron chi connectivity index (χ3n) is 3.96. The first-order valence-corrected chi connectivity index (χ1v) is 8.84. The maximum Gasteiger partial charge on any atom is 1.00 e. The van der Waals surface area contributed by atoms with Gasteiger partial charge in [0, 0.05) is 0 Å². The van der Waals surface area contributed by atoms with Crippen LogP contribution in [0.15, 0.2) is 59.5 Å². The van der Waals surface area contributed by atoms with Crippen molar-refractivity contribution in [2.24, 2.45) is 0 Å². The normalized spacial score (nSPS) is 11.3. The molecule has 3 rings (SSSR count). The van der Waals surface area contributed by atoms with Gasteiger partial charge in [-0.25, -0.2) is 0 Å². The molecule has 0 saturated carbocycles. The van der Waals surface area contributed by atoms with Crippen LogP contribution in [0.3, 0.4) is 0 Å². The van der Waals surface area contributed by atoms with Crippen molar-refractivity contribution in [3.8, 4) is 0 Å². The van der Waals surface area contributed by atoms with Crippen LogP contribution in [0.5, 0.6) is 0 Å². The average molecular weight is 349 g/mol. The molecule has 0 aliphatic rings. The SMILES string of the molecule is Cc1cc(C)c(S(=O)(=O)O)c(Cc2ccc3ccccc3c2)c1.[Na+]. The fraction of sp³-hybridized carbons (Fsp3) is 0.158. The molecule has 3 aromatic carbocycles. The van der Waals surface area contributed by atoms with Crippen molar-refractivity contribution in [2.75, 3.05) is 0 Å². The number of rotatable bonds is 3. The van der Waals surface area contributed by atoms with Crippen molar-refractivity contribution in [1.29, 1.82) is 0 Å². The largest absolute Gasteiger partial charge is 1.00 e. The minimum atomic E-state index is -4.24. The summed E-state index contributed by atoms with van der Waals surface area (Å²) in [6.07, 6.45) is 0.461. The average Bonchev–Trinajstić information content (AvgIpc) is 2.44. The monoisotopic (exact) mass is 349 g/mol. The van der Waals surface area contributed by atoms with Crippen LogP contribution in [0.25, 0.3) is 10.8 Å². The van der Waals surface area contributed by atoms with Gasteiger partial charge in [-0.2, -0.15) is 8.42 Å². The van der Waals surface area contributed by atoms with Gasteiger partial charge in [0.05, 0.1) is 0 Å². The molecular weight excluding hydrogens is 331 g/mol. The Morgan fingerprint density at radius 1 is 0.917 bits per heavy atom. The van der Waals surface area contributed by atoms with Crippen LogP contribution in [0.4, 0.5) is 0 Å². The van der Waals surface area contributed by atoms with Gasteiger partial charge in [-0.1, -0.05) is 60.2 Å².